The molecular weight excluding hydrogens is 462 g/mol. The molecule has 0 unspecified atom stereocenters. The Balaban J connectivity index is 0.000000384. The van der Waals surface area contributed by atoms with Crippen molar-refractivity contribution in [2.75, 3.05) is 69.4 Å². The van der Waals surface area contributed by atoms with E-state index in [-0.39, 0.29) is 5.60 Å². The van der Waals surface area contributed by atoms with Crippen LogP contribution in [0.25, 0.3) is 16.7 Å². The van der Waals surface area contributed by atoms with Crippen molar-refractivity contribution in [2.45, 2.75) is 26.4 Å². The summed E-state index contributed by atoms with van der Waals surface area (Å²) in [5.41, 5.74) is 1.91. The Morgan fingerprint density at radius 3 is 2.36 bits per heavy atom. The highest BCUT2D eigenvalue weighted by molar-refractivity contribution is 5.84. The SMILES string of the molecule is CC(C)(C)OC=O.COc1nc(N2CCOCC2)cc(-n2ncc3ccc(N4CCNCC4)cc32)n1. The molecule has 2 aromatic heterocycles. The zero-order valence-corrected chi connectivity index (χ0v) is 21.4. The minimum atomic E-state index is -0.318. The molecule has 11 nitrogen and oxygen atoms in total. The Kier molecular flexibility index (Phi) is 8.21. The molecule has 0 aliphatic carbocycles. The molecule has 3 aromatic rings. The van der Waals surface area contributed by atoms with Crippen molar-refractivity contribution in [2.24, 2.45) is 0 Å². The van der Waals surface area contributed by atoms with Gasteiger partial charge in [0.25, 0.3) is 6.47 Å². The number of fused-ring (bicyclic) bond motifs is 1. The summed E-state index contributed by atoms with van der Waals surface area (Å²) in [6.45, 7) is 12.9. The number of carbonyl (C=O) groups is 1. The van der Waals surface area contributed by atoms with Crippen molar-refractivity contribution in [3.8, 4) is 11.8 Å². The van der Waals surface area contributed by atoms with Crippen LogP contribution in [0.15, 0.2) is 30.5 Å². The lowest BCUT2D eigenvalue weighted by atomic mass is 10.2. The quantitative estimate of drug-likeness (QED) is 0.526. The first-order valence-electron chi connectivity index (χ1n) is 12.2. The molecule has 2 saturated heterocycles. The summed E-state index contributed by atoms with van der Waals surface area (Å²) < 4.78 is 17.3. The average Bonchev–Trinajstić information content (AvgIpc) is 3.32. The van der Waals surface area contributed by atoms with Crippen LogP contribution in [-0.2, 0) is 14.3 Å². The second-order valence-electron chi connectivity index (χ2n) is 9.53. The molecule has 194 valence electrons. The van der Waals surface area contributed by atoms with E-state index < -0.39 is 0 Å². The summed E-state index contributed by atoms with van der Waals surface area (Å²) in [6, 6.07) is 8.79. The molecular formula is C25H35N7O4. The van der Waals surface area contributed by atoms with Crippen molar-refractivity contribution in [3.63, 3.8) is 0 Å². The molecule has 1 N–H and O–H groups in total. The summed E-state index contributed by atoms with van der Waals surface area (Å²) in [6.07, 6.45) is 1.87. The van der Waals surface area contributed by atoms with Crippen LogP contribution >= 0.6 is 0 Å². The molecule has 5 rings (SSSR count). The van der Waals surface area contributed by atoms with Gasteiger partial charge in [0.15, 0.2) is 5.82 Å². The van der Waals surface area contributed by atoms with Crippen LogP contribution in [0.2, 0.25) is 0 Å². The number of nitrogens with zero attached hydrogens (tertiary/aromatic N) is 6. The van der Waals surface area contributed by atoms with Gasteiger partial charge in [0.1, 0.15) is 11.4 Å². The lowest BCUT2D eigenvalue weighted by Gasteiger charge is -2.29. The number of piperazine rings is 1. The van der Waals surface area contributed by atoms with E-state index in [1.807, 2.05) is 37.7 Å². The van der Waals surface area contributed by atoms with E-state index in [1.165, 1.54) is 5.69 Å². The fourth-order valence-electron chi connectivity index (χ4n) is 4.01. The van der Waals surface area contributed by atoms with Gasteiger partial charge < -0.3 is 29.3 Å². The molecule has 1 aromatic carbocycles. The first kappa shape index (κ1) is 25.6. The molecule has 0 atom stereocenters. The number of anilines is 2. The third-order valence-corrected chi connectivity index (χ3v) is 5.85. The summed E-state index contributed by atoms with van der Waals surface area (Å²) in [4.78, 5) is 23.3. The second-order valence-corrected chi connectivity index (χ2v) is 9.53. The number of carbonyl (C=O) groups excluding carboxylic acids is 1. The number of nitrogens with one attached hydrogen (secondary N) is 1. The van der Waals surface area contributed by atoms with Gasteiger partial charge in [-0.05, 0) is 39.0 Å². The van der Waals surface area contributed by atoms with Crippen molar-refractivity contribution < 1.29 is 19.0 Å². The number of ether oxygens (including phenoxy) is 3. The standard InChI is InChI=1S/C20H25N7O2.C5H10O2/c1-28-20-23-18(26-8-10-29-11-9-26)13-19(24-20)27-17-12-16(3-2-15(17)14-22-27)25-6-4-21-5-7-25;1-5(2,3)7-4-6/h2-3,12-14,21H,4-11H2,1H3;4H,1-3H3. The van der Waals surface area contributed by atoms with E-state index in [0.717, 1.165) is 56.0 Å². The van der Waals surface area contributed by atoms with Gasteiger partial charge in [-0.25, -0.2) is 4.68 Å². The van der Waals surface area contributed by atoms with Crippen LogP contribution in [0.5, 0.6) is 6.01 Å². The van der Waals surface area contributed by atoms with E-state index >= 15 is 0 Å². The van der Waals surface area contributed by atoms with Crippen LogP contribution in [0.3, 0.4) is 0 Å². The van der Waals surface area contributed by atoms with Gasteiger partial charge in [-0.1, -0.05) is 0 Å². The van der Waals surface area contributed by atoms with Crippen LogP contribution in [0.4, 0.5) is 11.5 Å². The summed E-state index contributed by atoms with van der Waals surface area (Å²) in [5.74, 6) is 1.53. The Bertz CT molecular complexity index is 1150. The highest BCUT2D eigenvalue weighted by Crippen LogP contribution is 2.26. The van der Waals surface area contributed by atoms with Gasteiger partial charge >= 0.3 is 6.01 Å². The third kappa shape index (κ3) is 6.41. The van der Waals surface area contributed by atoms with Crippen LogP contribution in [-0.4, -0.2) is 91.4 Å². The van der Waals surface area contributed by atoms with Crippen LogP contribution in [0, 0.1) is 0 Å². The highest BCUT2D eigenvalue weighted by Gasteiger charge is 2.18. The van der Waals surface area contributed by atoms with Gasteiger partial charge in [0, 0.05) is 56.4 Å². The first-order valence-corrected chi connectivity index (χ1v) is 12.2. The Morgan fingerprint density at radius 1 is 1.00 bits per heavy atom. The summed E-state index contributed by atoms with van der Waals surface area (Å²) in [7, 11) is 1.59. The van der Waals surface area contributed by atoms with E-state index in [9.17, 15) is 4.79 Å². The molecule has 11 heteroatoms. The predicted molar refractivity (Wildman–Crippen MR) is 138 cm³/mol. The highest BCUT2D eigenvalue weighted by atomic mass is 16.5. The van der Waals surface area contributed by atoms with Crippen LogP contribution < -0.4 is 19.9 Å². The Hall–Kier alpha value is -3.44. The van der Waals surface area contributed by atoms with E-state index in [2.05, 4.69) is 53.1 Å². The molecule has 36 heavy (non-hydrogen) atoms. The summed E-state index contributed by atoms with van der Waals surface area (Å²) in [5, 5.41) is 9.09. The molecule has 0 spiro atoms. The lowest BCUT2D eigenvalue weighted by Crippen LogP contribution is -2.43. The van der Waals surface area contributed by atoms with Crippen molar-refractivity contribution in [1.82, 2.24) is 25.1 Å². The normalized spacial score (nSPS) is 16.3. The van der Waals surface area contributed by atoms with E-state index in [4.69, 9.17) is 9.47 Å². The number of rotatable bonds is 5. The molecule has 2 aliphatic rings. The number of aromatic nitrogens is 4. The van der Waals surface area contributed by atoms with Gasteiger partial charge in [0.05, 0.1) is 32.0 Å². The van der Waals surface area contributed by atoms with Gasteiger partial charge in [-0.15, -0.1) is 0 Å². The number of hydrogen-bond donors (Lipinski definition) is 1. The smallest absolute Gasteiger partial charge is 0.320 e. The van der Waals surface area contributed by atoms with E-state index in [0.29, 0.717) is 31.5 Å². The maximum atomic E-state index is 9.60. The molecule has 4 heterocycles. The fraction of sp³-hybridized carbons (Fsp3) is 0.520. The molecule has 2 aliphatic heterocycles. The molecule has 2 fully saturated rings. The third-order valence-electron chi connectivity index (χ3n) is 5.85. The zero-order valence-electron chi connectivity index (χ0n) is 21.4. The molecule has 0 amide bonds. The molecule has 0 radical (unpaired) electrons. The van der Waals surface area contributed by atoms with Gasteiger partial charge in [-0.2, -0.15) is 15.1 Å². The number of methoxy groups -OCH3 is 1. The monoisotopic (exact) mass is 497 g/mol. The Morgan fingerprint density at radius 2 is 1.72 bits per heavy atom. The van der Waals surface area contributed by atoms with E-state index in [1.54, 1.807) is 7.11 Å². The van der Waals surface area contributed by atoms with Crippen molar-refractivity contribution in [1.29, 1.82) is 0 Å². The van der Waals surface area contributed by atoms with Crippen molar-refractivity contribution >= 4 is 28.9 Å². The predicted octanol–water partition coefficient (Wildman–Crippen LogP) is 2.03. The zero-order chi connectivity index (χ0) is 25.5. The summed E-state index contributed by atoms with van der Waals surface area (Å²) >= 11 is 0. The Labute approximate surface area is 211 Å². The van der Waals surface area contributed by atoms with Crippen LogP contribution in [0.1, 0.15) is 20.8 Å². The van der Waals surface area contributed by atoms with Gasteiger partial charge in [-0.3, -0.25) is 4.79 Å². The molecule has 0 bridgehead atoms. The number of morpholine rings is 1. The maximum Gasteiger partial charge on any atom is 0.320 e. The fourth-order valence-corrected chi connectivity index (χ4v) is 4.01. The minimum Gasteiger partial charge on any atom is -0.467 e. The number of benzene rings is 1. The first-order chi connectivity index (χ1) is 17.4. The topological polar surface area (TPSA) is 107 Å². The average molecular weight is 498 g/mol. The largest absolute Gasteiger partial charge is 0.467 e. The minimum absolute atomic E-state index is 0.318. The molecule has 0 saturated carbocycles. The maximum absolute atomic E-state index is 9.60. The lowest BCUT2D eigenvalue weighted by molar-refractivity contribution is -0.138. The second kappa shape index (κ2) is 11.5. The number of hydrogen-bond acceptors (Lipinski definition) is 10. The van der Waals surface area contributed by atoms with Crippen molar-refractivity contribution in [3.05, 3.63) is 30.5 Å². The van der Waals surface area contributed by atoms with Gasteiger partial charge in [0.2, 0.25) is 0 Å².